The standard InChI is InChI=1S/C9H16N4O2/c1-4-11-9(15)12-8(14)7(2)13(3)6-5-10/h7H,4,6H2,1-3H3,(H2,11,12,14,15). The van der Waals surface area contributed by atoms with Crippen molar-refractivity contribution in [2.75, 3.05) is 20.1 Å². The van der Waals surface area contributed by atoms with E-state index >= 15 is 0 Å². The zero-order valence-corrected chi connectivity index (χ0v) is 9.20. The number of hydrogen-bond donors (Lipinski definition) is 2. The van der Waals surface area contributed by atoms with Gasteiger partial charge in [-0.3, -0.25) is 15.0 Å². The van der Waals surface area contributed by atoms with Gasteiger partial charge in [0.15, 0.2) is 0 Å². The molecular formula is C9H16N4O2. The normalized spacial score (nSPS) is 11.7. The number of rotatable bonds is 4. The number of nitriles is 1. The number of imide groups is 1. The number of urea groups is 1. The monoisotopic (exact) mass is 212 g/mol. The lowest BCUT2D eigenvalue weighted by Crippen LogP contribution is -2.48. The molecule has 0 heterocycles. The van der Waals surface area contributed by atoms with E-state index in [4.69, 9.17) is 5.26 Å². The average molecular weight is 212 g/mol. The maximum absolute atomic E-state index is 11.4. The maximum atomic E-state index is 11.4. The van der Waals surface area contributed by atoms with E-state index in [9.17, 15) is 9.59 Å². The molecular weight excluding hydrogens is 196 g/mol. The Morgan fingerprint density at radius 1 is 1.53 bits per heavy atom. The van der Waals surface area contributed by atoms with Crippen LogP contribution >= 0.6 is 0 Å². The first-order valence-corrected chi connectivity index (χ1v) is 4.68. The van der Waals surface area contributed by atoms with Gasteiger partial charge in [-0.2, -0.15) is 5.26 Å². The number of carbonyl (C=O) groups excluding carboxylic acids is 2. The van der Waals surface area contributed by atoms with Crippen LogP contribution in [0.2, 0.25) is 0 Å². The van der Waals surface area contributed by atoms with Gasteiger partial charge in [0.05, 0.1) is 18.7 Å². The van der Waals surface area contributed by atoms with Gasteiger partial charge in [0, 0.05) is 6.54 Å². The van der Waals surface area contributed by atoms with E-state index < -0.39 is 18.0 Å². The zero-order valence-electron chi connectivity index (χ0n) is 9.20. The summed E-state index contributed by atoms with van der Waals surface area (Å²) in [6.07, 6.45) is 0. The molecule has 2 N–H and O–H groups in total. The van der Waals surface area contributed by atoms with Crippen molar-refractivity contribution in [1.82, 2.24) is 15.5 Å². The molecule has 0 aliphatic carbocycles. The summed E-state index contributed by atoms with van der Waals surface area (Å²) in [5, 5.41) is 13.1. The summed E-state index contributed by atoms with van der Waals surface area (Å²) in [6, 6.07) is 0.906. The lowest BCUT2D eigenvalue weighted by atomic mass is 10.3. The Hall–Kier alpha value is -1.61. The largest absolute Gasteiger partial charge is 0.338 e. The van der Waals surface area contributed by atoms with E-state index in [1.807, 2.05) is 6.07 Å². The van der Waals surface area contributed by atoms with Crippen LogP contribution in [0.1, 0.15) is 13.8 Å². The van der Waals surface area contributed by atoms with Crippen LogP contribution in [0.25, 0.3) is 0 Å². The summed E-state index contributed by atoms with van der Waals surface area (Å²) in [5.74, 6) is -0.418. The Bertz CT molecular complexity index is 272. The number of nitrogens with one attached hydrogen (secondary N) is 2. The summed E-state index contributed by atoms with van der Waals surface area (Å²) in [5.41, 5.74) is 0. The van der Waals surface area contributed by atoms with Gasteiger partial charge >= 0.3 is 6.03 Å². The van der Waals surface area contributed by atoms with Crippen molar-refractivity contribution in [1.29, 1.82) is 5.26 Å². The summed E-state index contributed by atoms with van der Waals surface area (Å²) in [6.45, 7) is 3.99. The molecule has 6 nitrogen and oxygen atoms in total. The second kappa shape index (κ2) is 6.79. The number of hydrogen-bond acceptors (Lipinski definition) is 4. The maximum Gasteiger partial charge on any atom is 0.321 e. The predicted molar refractivity (Wildman–Crippen MR) is 54.9 cm³/mol. The van der Waals surface area contributed by atoms with E-state index in [1.165, 1.54) is 0 Å². The molecule has 6 heteroatoms. The molecule has 0 aromatic rings. The highest BCUT2D eigenvalue weighted by atomic mass is 16.2. The number of likely N-dealkylation sites (N-methyl/N-ethyl adjacent to an activating group) is 1. The highest BCUT2D eigenvalue weighted by Crippen LogP contribution is 1.93. The van der Waals surface area contributed by atoms with Gasteiger partial charge in [-0.15, -0.1) is 0 Å². The highest BCUT2D eigenvalue weighted by molar-refractivity contribution is 5.96. The van der Waals surface area contributed by atoms with Gasteiger partial charge in [0.2, 0.25) is 5.91 Å². The molecule has 0 saturated heterocycles. The predicted octanol–water partition coefficient (Wildman–Crippen LogP) is -0.324. The first kappa shape index (κ1) is 13.4. The molecule has 84 valence electrons. The smallest absolute Gasteiger partial charge is 0.321 e. The van der Waals surface area contributed by atoms with Crippen LogP contribution in [-0.4, -0.2) is 43.0 Å². The summed E-state index contributed by atoms with van der Waals surface area (Å²) in [4.78, 5) is 24.0. The quantitative estimate of drug-likeness (QED) is 0.625. The Balaban J connectivity index is 4.10. The summed E-state index contributed by atoms with van der Waals surface area (Å²) < 4.78 is 0. The molecule has 0 aliphatic heterocycles. The first-order chi connectivity index (χ1) is 7.02. The van der Waals surface area contributed by atoms with E-state index in [0.717, 1.165) is 0 Å². The van der Waals surface area contributed by atoms with Gasteiger partial charge in [-0.25, -0.2) is 4.79 Å². The molecule has 1 atom stereocenters. The zero-order chi connectivity index (χ0) is 11.8. The molecule has 0 saturated carbocycles. The van der Waals surface area contributed by atoms with Crippen molar-refractivity contribution in [3.05, 3.63) is 0 Å². The summed E-state index contributed by atoms with van der Waals surface area (Å²) in [7, 11) is 1.64. The van der Waals surface area contributed by atoms with Crippen molar-refractivity contribution in [2.45, 2.75) is 19.9 Å². The second-order valence-electron chi connectivity index (χ2n) is 3.10. The highest BCUT2D eigenvalue weighted by Gasteiger charge is 2.19. The fourth-order valence-corrected chi connectivity index (χ4v) is 0.870. The molecule has 0 spiro atoms. The van der Waals surface area contributed by atoms with E-state index in [1.54, 1.807) is 25.8 Å². The minimum absolute atomic E-state index is 0.143. The molecule has 0 aliphatic rings. The van der Waals surface area contributed by atoms with Crippen molar-refractivity contribution in [3.8, 4) is 6.07 Å². The molecule has 1 unspecified atom stereocenters. The Labute approximate surface area is 89.2 Å². The number of nitrogens with zero attached hydrogens (tertiary/aromatic N) is 2. The fourth-order valence-electron chi connectivity index (χ4n) is 0.870. The van der Waals surface area contributed by atoms with Crippen LogP contribution in [0.15, 0.2) is 0 Å². The lowest BCUT2D eigenvalue weighted by molar-refractivity contribution is -0.124. The summed E-state index contributed by atoms with van der Waals surface area (Å²) >= 11 is 0. The molecule has 0 fully saturated rings. The van der Waals surface area contributed by atoms with Crippen LogP contribution in [0, 0.1) is 11.3 Å². The third-order valence-corrected chi connectivity index (χ3v) is 1.93. The number of carbonyl (C=O) groups is 2. The third kappa shape index (κ3) is 4.98. The van der Waals surface area contributed by atoms with Crippen LogP contribution < -0.4 is 10.6 Å². The SMILES string of the molecule is CCNC(=O)NC(=O)C(C)N(C)CC#N. The van der Waals surface area contributed by atoms with E-state index in [-0.39, 0.29) is 6.54 Å². The fraction of sp³-hybridized carbons (Fsp3) is 0.667. The van der Waals surface area contributed by atoms with E-state index in [2.05, 4.69) is 10.6 Å². The third-order valence-electron chi connectivity index (χ3n) is 1.93. The molecule has 0 bridgehead atoms. The Morgan fingerprint density at radius 3 is 2.60 bits per heavy atom. The van der Waals surface area contributed by atoms with Crippen molar-refractivity contribution >= 4 is 11.9 Å². The van der Waals surface area contributed by atoms with Gasteiger partial charge in [-0.1, -0.05) is 0 Å². The van der Waals surface area contributed by atoms with Crippen molar-refractivity contribution < 1.29 is 9.59 Å². The first-order valence-electron chi connectivity index (χ1n) is 4.68. The minimum Gasteiger partial charge on any atom is -0.338 e. The molecule has 3 amide bonds. The molecule has 0 radical (unpaired) electrons. The van der Waals surface area contributed by atoms with Gasteiger partial charge < -0.3 is 5.32 Å². The van der Waals surface area contributed by atoms with E-state index in [0.29, 0.717) is 6.54 Å². The van der Waals surface area contributed by atoms with Crippen molar-refractivity contribution in [2.24, 2.45) is 0 Å². The number of amides is 3. The second-order valence-corrected chi connectivity index (χ2v) is 3.10. The van der Waals surface area contributed by atoms with Crippen molar-refractivity contribution in [3.63, 3.8) is 0 Å². The molecule has 0 rings (SSSR count). The van der Waals surface area contributed by atoms with Crippen LogP contribution in [0.5, 0.6) is 0 Å². The molecule has 0 aromatic carbocycles. The topological polar surface area (TPSA) is 85.2 Å². The Morgan fingerprint density at radius 2 is 2.13 bits per heavy atom. The van der Waals surface area contributed by atoms with Crippen LogP contribution in [-0.2, 0) is 4.79 Å². The van der Waals surface area contributed by atoms with Crippen LogP contribution in [0.3, 0.4) is 0 Å². The van der Waals surface area contributed by atoms with Gasteiger partial charge in [-0.05, 0) is 20.9 Å². The van der Waals surface area contributed by atoms with Gasteiger partial charge in [0.1, 0.15) is 0 Å². The van der Waals surface area contributed by atoms with Crippen LogP contribution in [0.4, 0.5) is 4.79 Å². The molecule has 15 heavy (non-hydrogen) atoms. The average Bonchev–Trinajstić information content (AvgIpc) is 2.17. The minimum atomic E-state index is -0.514. The van der Waals surface area contributed by atoms with Gasteiger partial charge in [0.25, 0.3) is 0 Å². The molecule has 0 aromatic heterocycles. The Kier molecular flexibility index (Phi) is 6.06. The lowest BCUT2D eigenvalue weighted by Gasteiger charge is -2.20.